The maximum atomic E-state index is 14.8. The molecule has 2 aromatic carbocycles. The van der Waals surface area contributed by atoms with E-state index in [1.54, 1.807) is 0 Å². The van der Waals surface area contributed by atoms with Gasteiger partial charge >= 0.3 is 0 Å². The van der Waals surface area contributed by atoms with Crippen LogP contribution in [0.5, 0.6) is 0 Å². The lowest BCUT2D eigenvalue weighted by molar-refractivity contribution is 0.277. The number of unbranched alkanes of at least 4 members (excludes halogenated alkanes) is 2. The van der Waals surface area contributed by atoms with Crippen LogP contribution in [-0.2, 0) is 14.6 Å². The SMILES string of the molecule is CCCCC(CCCCO)(c1cc(F)ccc1F)S(=O)(=O)c1ccc(Cl)cc1. The van der Waals surface area contributed by atoms with Gasteiger partial charge in [-0.15, -0.1) is 0 Å². The summed E-state index contributed by atoms with van der Waals surface area (Å²) in [4.78, 5) is 0.0145. The summed E-state index contributed by atoms with van der Waals surface area (Å²) < 4.78 is 54.7. The first kappa shape index (κ1) is 22.8. The molecule has 154 valence electrons. The quantitative estimate of drug-likeness (QED) is 0.496. The van der Waals surface area contributed by atoms with Gasteiger partial charge in [0.1, 0.15) is 16.4 Å². The van der Waals surface area contributed by atoms with E-state index in [4.69, 9.17) is 16.7 Å². The van der Waals surface area contributed by atoms with Crippen molar-refractivity contribution in [3.05, 3.63) is 64.7 Å². The number of hydrogen-bond acceptors (Lipinski definition) is 3. The van der Waals surface area contributed by atoms with Crippen LogP contribution in [0.4, 0.5) is 8.78 Å². The molecule has 0 bridgehead atoms. The van der Waals surface area contributed by atoms with E-state index in [0.717, 1.165) is 18.2 Å². The summed E-state index contributed by atoms with van der Waals surface area (Å²) in [5.41, 5.74) is -0.158. The monoisotopic (exact) mass is 430 g/mol. The molecule has 7 heteroatoms. The van der Waals surface area contributed by atoms with E-state index in [9.17, 15) is 17.2 Å². The van der Waals surface area contributed by atoms with Crippen molar-refractivity contribution in [2.45, 2.75) is 55.1 Å². The largest absolute Gasteiger partial charge is 0.396 e. The Labute approximate surface area is 170 Å². The number of benzene rings is 2. The normalized spacial score (nSPS) is 14.0. The highest BCUT2D eigenvalue weighted by Crippen LogP contribution is 2.45. The molecule has 0 aliphatic rings. The zero-order valence-electron chi connectivity index (χ0n) is 15.8. The predicted molar refractivity (Wildman–Crippen MR) is 107 cm³/mol. The fraction of sp³-hybridized carbons (Fsp3) is 0.429. The van der Waals surface area contributed by atoms with Gasteiger partial charge in [0.05, 0.1) is 4.90 Å². The Balaban J connectivity index is 2.73. The lowest BCUT2D eigenvalue weighted by Crippen LogP contribution is -2.37. The second-order valence-electron chi connectivity index (χ2n) is 6.86. The van der Waals surface area contributed by atoms with E-state index in [1.165, 1.54) is 24.3 Å². The minimum absolute atomic E-state index is 0.0145. The summed E-state index contributed by atoms with van der Waals surface area (Å²) in [6.45, 7) is 1.81. The minimum atomic E-state index is -4.07. The first-order chi connectivity index (χ1) is 13.3. The fourth-order valence-electron chi connectivity index (χ4n) is 3.48. The van der Waals surface area contributed by atoms with Gasteiger partial charge in [-0.05, 0) is 68.1 Å². The van der Waals surface area contributed by atoms with Crippen molar-refractivity contribution in [3.63, 3.8) is 0 Å². The maximum Gasteiger partial charge on any atom is 0.188 e. The Morgan fingerprint density at radius 3 is 2.25 bits per heavy atom. The lowest BCUT2D eigenvalue weighted by Gasteiger charge is -2.35. The number of hydrogen-bond donors (Lipinski definition) is 1. The molecule has 0 saturated heterocycles. The van der Waals surface area contributed by atoms with E-state index in [-0.39, 0.29) is 29.9 Å². The van der Waals surface area contributed by atoms with Crippen LogP contribution in [0.15, 0.2) is 47.4 Å². The molecule has 0 spiro atoms. The third-order valence-electron chi connectivity index (χ3n) is 4.98. The number of rotatable bonds is 10. The van der Waals surface area contributed by atoms with Gasteiger partial charge in [0.15, 0.2) is 9.84 Å². The summed E-state index contributed by atoms with van der Waals surface area (Å²) in [7, 11) is -4.07. The molecule has 0 saturated carbocycles. The second-order valence-corrected chi connectivity index (χ2v) is 9.56. The fourth-order valence-corrected chi connectivity index (χ4v) is 5.82. The molecule has 0 radical (unpaired) electrons. The van der Waals surface area contributed by atoms with Gasteiger partial charge in [0.2, 0.25) is 0 Å². The molecule has 1 N–H and O–H groups in total. The second kappa shape index (κ2) is 9.81. The van der Waals surface area contributed by atoms with Gasteiger partial charge in [-0.1, -0.05) is 31.4 Å². The summed E-state index contributed by atoms with van der Waals surface area (Å²) in [5.74, 6) is -1.44. The van der Waals surface area contributed by atoms with Crippen LogP contribution in [0.2, 0.25) is 5.02 Å². The average molecular weight is 431 g/mol. The van der Waals surface area contributed by atoms with Gasteiger partial charge in [0, 0.05) is 17.2 Å². The third kappa shape index (κ3) is 4.73. The number of aliphatic hydroxyl groups excluding tert-OH is 1. The summed E-state index contributed by atoms with van der Waals surface area (Å²) >= 11 is 5.89. The molecular weight excluding hydrogens is 406 g/mol. The van der Waals surface area contributed by atoms with Crippen LogP contribution in [0.3, 0.4) is 0 Å². The van der Waals surface area contributed by atoms with E-state index >= 15 is 0 Å². The molecule has 0 aliphatic carbocycles. The minimum Gasteiger partial charge on any atom is -0.396 e. The Morgan fingerprint density at radius 2 is 1.64 bits per heavy atom. The highest BCUT2D eigenvalue weighted by Gasteiger charge is 2.47. The van der Waals surface area contributed by atoms with Crippen LogP contribution in [0.25, 0.3) is 0 Å². The van der Waals surface area contributed by atoms with Crippen molar-refractivity contribution in [1.29, 1.82) is 0 Å². The van der Waals surface area contributed by atoms with Gasteiger partial charge in [0.25, 0.3) is 0 Å². The number of halogens is 3. The van der Waals surface area contributed by atoms with Gasteiger partial charge in [-0.3, -0.25) is 0 Å². The number of aliphatic hydroxyl groups is 1. The summed E-state index contributed by atoms with van der Waals surface area (Å²) in [5, 5.41) is 9.55. The van der Waals surface area contributed by atoms with Crippen LogP contribution in [-0.4, -0.2) is 20.1 Å². The van der Waals surface area contributed by atoms with E-state index < -0.39 is 26.2 Å². The zero-order chi connectivity index (χ0) is 20.8. The molecule has 3 nitrogen and oxygen atoms in total. The Hall–Kier alpha value is -1.50. The van der Waals surface area contributed by atoms with Gasteiger partial charge in [-0.2, -0.15) is 0 Å². The topological polar surface area (TPSA) is 54.4 Å². The molecule has 0 heterocycles. The third-order valence-corrected chi connectivity index (χ3v) is 7.78. The molecular formula is C21H25ClF2O3S. The molecule has 1 unspecified atom stereocenters. The summed E-state index contributed by atoms with van der Waals surface area (Å²) in [6.07, 6.45) is 2.21. The summed E-state index contributed by atoms with van der Waals surface area (Å²) in [6, 6.07) is 8.64. The Bertz CT molecular complexity index is 885. The van der Waals surface area contributed by atoms with Crippen LogP contribution in [0.1, 0.15) is 51.0 Å². The van der Waals surface area contributed by atoms with Gasteiger partial charge < -0.3 is 5.11 Å². The molecule has 0 amide bonds. The number of sulfone groups is 1. The first-order valence-electron chi connectivity index (χ1n) is 9.35. The van der Waals surface area contributed by atoms with E-state index in [1.807, 2.05) is 6.92 Å². The smallest absolute Gasteiger partial charge is 0.188 e. The Morgan fingerprint density at radius 1 is 1.00 bits per heavy atom. The van der Waals surface area contributed by atoms with E-state index in [2.05, 4.69) is 0 Å². The van der Waals surface area contributed by atoms with Crippen molar-refractivity contribution >= 4 is 21.4 Å². The van der Waals surface area contributed by atoms with Gasteiger partial charge in [-0.25, -0.2) is 17.2 Å². The molecule has 0 fully saturated rings. The van der Waals surface area contributed by atoms with Crippen LogP contribution >= 0.6 is 11.6 Å². The lowest BCUT2D eigenvalue weighted by atomic mass is 9.87. The highest BCUT2D eigenvalue weighted by molar-refractivity contribution is 7.92. The van der Waals surface area contributed by atoms with E-state index in [0.29, 0.717) is 30.7 Å². The molecule has 0 aromatic heterocycles. The van der Waals surface area contributed by atoms with Crippen molar-refractivity contribution in [1.82, 2.24) is 0 Å². The zero-order valence-corrected chi connectivity index (χ0v) is 17.4. The predicted octanol–water partition coefficient (Wildman–Crippen LogP) is 5.64. The molecule has 2 rings (SSSR count). The highest BCUT2D eigenvalue weighted by atomic mass is 35.5. The molecule has 28 heavy (non-hydrogen) atoms. The van der Waals surface area contributed by atoms with Crippen LogP contribution < -0.4 is 0 Å². The van der Waals surface area contributed by atoms with Crippen molar-refractivity contribution in [3.8, 4) is 0 Å². The molecule has 0 aliphatic heterocycles. The first-order valence-corrected chi connectivity index (χ1v) is 11.2. The molecule has 2 aromatic rings. The molecule has 1 atom stereocenters. The Kier molecular flexibility index (Phi) is 7.98. The standard InChI is InChI=1S/C21H25ClF2O3S/c1-2-3-12-21(13-4-5-14-25,19-15-17(23)8-11-20(19)24)28(26,27)18-9-6-16(22)7-10-18/h6-11,15,25H,2-5,12-14H2,1H3. The van der Waals surface area contributed by atoms with Crippen molar-refractivity contribution in [2.24, 2.45) is 0 Å². The average Bonchev–Trinajstić information content (AvgIpc) is 2.67. The van der Waals surface area contributed by atoms with Crippen molar-refractivity contribution in [2.75, 3.05) is 6.61 Å². The van der Waals surface area contributed by atoms with Crippen LogP contribution in [0, 0.1) is 11.6 Å². The van der Waals surface area contributed by atoms with Crippen molar-refractivity contribution < 1.29 is 22.3 Å². The maximum absolute atomic E-state index is 14.8.